The smallest absolute Gasteiger partial charge is 0.246 e. The van der Waals surface area contributed by atoms with E-state index in [1.165, 1.54) is 32.4 Å². The van der Waals surface area contributed by atoms with Crippen LogP contribution in [0, 0.1) is 0 Å². The van der Waals surface area contributed by atoms with Crippen LogP contribution in [-0.2, 0) is 9.53 Å². The van der Waals surface area contributed by atoms with Crippen LogP contribution in [0.5, 0.6) is 0 Å². The van der Waals surface area contributed by atoms with Crippen molar-refractivity contribution in [3.05, 3.63) is 12.3 Å². The monoisotopic (exact) mass is 430 g/mol. The Morgan fingerprint density at radius 3 is 2.79 bits per heavy atom. The fourth-order valence-corrected chi connectivity index (χ4v) is 4.78. The third-order valence-corrected chi connectivity index (χ3v) is 6.75. The number of carbonyl (C=O) groups is 1. The second-order valence-corrected chi connectivity index (χ2v) is 9.11. The van der Waals surface area contributed by atoms with Crippen LogP contribution in [0.4, 0.5) is 4.39 Å². The second-order valence-electron chi connectivity index (χ2n) is 8.55. The number of halogens is 2. The quantitative estimate of drug-likeness (QED) is 0.490. The van der Waals surface area contributed by atoms with Crippen LogP contribution < -0.4 is 16.0 Å². The molecular weight excluding hydrogens is 395 g/mol. The number of alkyl halides is 2. The van der Waals surface area contributed by atoms with Gasteiger partial charge in [-0.25, -0.2) is 4.39 Å². The first-order valence-corrected chi connectivity index (χ1v) is 11.5. The molecule has 2 heterocycles. The summed E-state index contributed by atoms with van der Waals surface area (Å²) in [6, 6.07) is 0.652. The molecule has 1 amide bonds. The van der Waals surface area contributed by atoms with Gasteiger partial charge in [-0.3, -0.25) is 10.1 Å². The Hall–Kier alpha value is -0.890. The van der Waals surface area contributed by atoms with Gasteiger partial charge in [0.05, 0.1) is 17.6 Å². The van der Waals surface area contributed by atoms with Gasteiger partial charge < -0.3 is 20.3 Å². The van der Waals surface area contributed by atoms with Gasteiger partial charge in [-0.05, 0) is 58.2 Å². The number of hydrogen-bond acceptors (Lipinski definition) is 5. The molecule has 2 aliphatic heterocycles. The molecule has 6 nitrogen and oxygen atoms in total. The molecule has 5 unspecified atom stereocenters. The predicted molar refractivity (Wildman–Crippen MR) is 114 cm³/mol. The normalized spacial score (nSPS) is 33.4. The molecule has 0 aromatic heterocycles. The maximum atomic E-state index is 13.6. The van der Waals surface area contributed by atoms with Gasteiger partial charge in [-0.2, -0.15) is 0 Å². The van der Waals surface area contributed by atoms with E-state index in [2.05, 4.69) is 27.4 Å². The zero-order valence-corrected chi connectivity index (χ0v) is 18.1. The lowest BCUT2D eigenvalue weighted by molar-refractivity contribution is -0.128. The Kier molecular flexibility index (Phi) is 9.03. The summed E-state index contributed by atoms with van der Waals surface area (Å²) in [6.07, 6.45) is 6.14. The van der Waals surface area contributed by atoms with Crippen molar-refractivity contribution < 1.29 is 13.9 Å². The summed E-state index contributed by atoms with van der Waals surface area (Å²) >= 11 is 5.87. The van der Waals surface area contributed by atoms with E-state index >= 15 is 0 Å². The minimum Gasteiger partial charge on any atom is -0.374 e. The maximum Gasteiger partial charge on any atom is 0.246 e. The highest BCUT2D eigenvalue weighted by Gasteiger charge is 2.30. The summed E-state index contributed by atoms with van der Waals surface area (Å²) in [5, 5.41) is 9.42. The van der Waals surface area contributed by atoms with Gasteiger partial charge >= 0.3 is 0 Å². The molecular formula is C21H36ClFN4O2. The number of likely N-dealkylation sites (tertiary alicyclic amines) is 1. The van der Waals surface area contributed by atoms with Crippen molar-refractivity contribution in [2.75, 3.05) is 32.8 Å². The number of hydrogen-bond donors (Lipinski definition) is 3. The van der Waals surface area contributed by atoms with Crippen LogP contribution in [0.1, 0.15) is 51.4 Å². The third-order valence-electron chi connectivity index (χ3n) is 6.26. The molecule has 3 N–H and O–H groups in total. The molecule has 3 aliphatic rings. The molecule has 0 radical (unpaired) electrons. The lowest BCUT2D eigenvalue weighted by atomic mass is 9.95. The van der Waals surface area contributed by atoms with E-state index in [0.29, 0.717) is 31.8 Å². The first-order valence-electron chi connectivity index (χ1n) is 11.1. The highest BCUT2D eigenvalue weighted by molar-refractivity contribution is 6.21. The van der Waals surface area contributed by atoms with Gasteiger partial charge in [-0.1, -0.05) is 6.58 Å². The summed E-state index contributed by atoms with van der Waals surface area (Å²) < 4.78 is 19.2. The standard InChI is InChI=1S/C21H36ClFN4O2/c1-15(26-20-12-16(7-9-24-20)27-10-2-3-11-27)6-8-25-21(28)14-29-17-4-5-18(22)19(23)13-17/h16-20,24,26H,1-14H2,(H,25,28). The van der Waals surface area contributed by atoms with Crippen molar-refractivity contribution in [3.63, 3.8) is 0 Å². The number of rotatable bonds is 9. The van der Waals surface area contributed by atoms with Gasteiger partial charge in [0.25, 0.3) is 0 Å². The molecule has 2 saturated heterocycles. The van der Waals surface area contributed by atoms with Crippen LogP contribution in [-0.4, -0.2) is 73.5 Å². The van der Waals surface area contributed by atoms with Crippen LogP contribution in [0.15, 0.2) is 12.3 Å². The zero-order valence-electron chi connectivity index (χ0n) is 17.3. The van der Waals surface area contributed by atoms with Crippen molar-refractivity contribution >= 4 is 17.5 Å². The molecule has 5 atom stereocenters. The molecule has 29 heavy (non-hydrogen) atoms. The molecule has 0 spiro atoms. The average molecular weight is 431 g/mol. The maximum absolute atomic E-state index is 13.6. The summed E-state index contributed by atoms with van der Waals surface area (Å²) in [5.74, 6) is -0.175. The average Bonchev–Trinajstić information content (AvgIpc) is 3.24. The molecule has 0 aromatic rings. The van der Waals surface area contributed by atoms with E-state index in [1.807, 2.05) is 0 Å². The van der Waals surface area contributed by atoms with Crippen molar-refractivity contribution in [1.82, 2.24) is 20.9 Å². The lowest BCUT2D eigenvalue weighted by Crippen LogP contribution is -2.52. The predicted octanol–water partition coefficient (Wildman–Crippen LogP) is 2.28. The fourth-order valence-electron chi connectivity index (χ4n) is 4.56. The van der Waals surface area contributed by atoms with Crippen LogP contribution in [0.3, 0.4) is 0 Å². The minimum absolute atomic E-state index is 0.0358. The zero-order chi connectivity index (χ0) is 20.6. The molecule has 0 bridgehead atoms. The highest BCUT2D eigenvalue weighted by atomic mass is 35.5. The SMILES string of the molecule is C=C(CCNC(=O)COC1CCC(Cl)C(F)C1)NC1CC(N2CCCC2)CCN1. The number of ether oxygens (including phenoxy) is 1. The fraction of sp³-hybridized carbons (Fsp3) is 0.857. The summed E-state index contributed by atoms with van der Waals surface area (Å²) in [4.78, 5) is 14.6. The van der Waals surface area contributed by atoms with Crippen molar-refractivity contribution in [2.45, 2.75) is 81.2 Å². The van der Waals surface area contributed by atoms with Crippen molar-refractivity contribution in [2.24, 2.45) is 0 Å². The molecule has 0 aromatic carbocycles. The molecule has 166 valence electrons. The molecule has 3 rings (SSSR count). The Morgan fingerprint density at radius 1 is 1.24 bits per heavy atom. The number of amides is 1. The minimum atomic E-state index is -1.05. The van der Waals surface area contributed by atoms with Crippen molar-refractivity contribution in [3.8, 4) is 0 Å². The summed E-state index contributed by atoms with van der Waals surface area (Å²) in [6.45, 7) is 8.05. The Bertz CT molecular complexity index is 547. The number of nitrogens with one attached hydrogen (secondary N) is 3. The van der Waals surface area contributed by atoms with Gasteiger partial charge in [0.1, 0.15) is 12.8 Å². The molecule has 3 fully saturated rings. The van der Waals surface area contributed by atoms with Gasteiger partial charge in [0, 0.05) is 31.1 Å². The van der Waals surface area contributed by atoms with Gasteiger partial charge in [-0.15, -0.1) is 11.6 Å². The molecule has 1 saturated carbocycles. The largest absolute Gasteiger partial charge is 0.374 e. The van der Waals surface area contributed by atoms with E-state index in [-0.39, 0.29) is 31.2 Å². The first-order chi connectivity index (χ1) is 14.0. The third kappa shape index (κ3) is 7.39. The first kappa shape index (κ1) is 22.8. The summed E-state index contributed by atoms with van der Waals surface area (Å²) in [7, 11) is 0. The van der Waals surface area contributed by atoms with Gasteiger partial charge in [0.15, 0.2) is 0 Å². The Balaban J connectivity index is 1.26. The number of carbonyl (C=O) groups excluding carboxylic acids is 1. The van der Waals surface area contributed by atoms with E-state index < -0.39 is 11.5 Å². The number of nitrogens with zero attached hydrogens (tertiary/aromatic N) is 1. The van der Waals surface area contributed by atoms with Crippen LogP contribution >= 0.6 is 11.6 Å². The van der Waals surface area contributed by atoms with E-state index in [4.69, 9.17) is 16.3 Å². The Labute approximate surface area is 178 Å². The van der Waals surface area contributed by atoms with Crippen LogP contribution in [0.2, 0.25) is 0 Å². The Morgan fingerprint density at radius 2 is 2.03 bits per heavy atom. The van der Waals surface area contributed by atoms with E-state index in [9.17, 15) is 9.18 Å². The van der Waals surface area contributed by atoms with E-state index in [0.717, 1.165) is 18.7 Å². The van der Waals surface area contributed by atoms with Crippen LogP contribution in [0.25, 0.3) is 0 Å². The summed E-state index contributed by atoms with van der Waals surface area (Å²) in [5.41, 5.74) is 0.923. The molecule has 8 heteroatoms. The van der Waals surface area contributed by atoms with Gasteiger partial charge in [0.2, 0.25) is 5.91 Å². The topological polar surface area (TPSA) is 65.6 Å². The lowest BCUT2D eigenvalue weighted by Gasteiger charge is -2.37. The van der Waals surface area contributed by atoms with E-state index in [1.54, 1.807) is 0 Å². The number of piperidine rings is 1. The van der Waals surface area contributed by atoms with Crippen molar-refractivity contribution in [1.29, 1.82) is 0 Å². The second kappa shape index (κ2) is 11.5. The highest BCUT2D eigenvalue weighted by Crippen LogP contribution is 2.27. The molecule has 1 aliphatic carbocycles.